The maximum Gasteiger partial charge on any atom is -0.0149 e. The van der Waals surface area contributed by atoms with Gasteiger partial charge in [0.05, 0.1) is 0 Å². The summed E-state index contributed by atoms with van der Waals surface area (Å²) in [7, 11) is 0. The van der Waals surface area contributed by atoms with E-state index in [0.717, 1.165) is 11.1 Å². The average molecular weight is 154 g/mol. The number of hydrogen-bond donors (Lipinski definition) is 0. The molecular formula is C12H10. The summed E-state index contributed by atoms with van der Waals surface area (Å²) in [6.07, 6.45) is 0. The van der Waals surface area contributed by atoms with Gasteiger partial charge in [0.25, 0.3) is 0 Å². The van der Waals surface area contributed by atoms with Gasteiger partial charge in [-0.05, 0) is 35.7 Å². The third-order valence-electron chi connectivity index (χ3n) is 2.14. The molecule has 0 bridgehead atoms. The number of benzene rings is 2. The van der Waals surface area contributed by atoms with E-state index in [2.05, 4.69) is 32.0 Å². The minimum Gasteiger partial charge on any atom is -0.0616 e. The highest BCUT2D eigenvalue weighted by molar-refractivity contribution is 5.87. The van der Waals surface area contributed by atoms with Crippen molar-refractivity contribution in [1.82, 2.24) is 0 Å². The first-order valence-corrected chi connectivity index (χ1v) is 3.95. The molecule has 0 aromatic heterocycles. The van der Waals surface area contributed by atoms with E-state index in [4.69, 9.17) is 0 Å². The highest BCUT2D eigenvalue weighted by atomic mass is 14.0. The molecule has 0 heteroatoms. The van der Waals surface area contributed by atoms with Gasteiger partial charge in [-0.2, -0.15) is 0 Å². The third-order valence-corrected chi connectivity index (χ3v) is 2.14. The smallest absolute Gasteiger partial charge is 0.0149 e. The Balaban J connectivity index is 2.91. The third kappa shape index (κ3) is 1.00. The lowest BCUT2D eigenvalue weighted by Crippen LogP contribution is -1.82. The Labute approximate surface area is 72.8 Å². The largest absolute Gasteiger partial charge is 0.0616 e. The fraction of sp³-hybridized carbons (Fsp3) is 0. The van der Waals surface area contributed by atoms with Crippen molar-refractivity contribution in [3.05, 3.63) is 61.4 Å². The molecule has 0 nitrogen and oxygen atoms in total. The molecule has 0 heterocycles. The van der Waals surface area contributed by atoms with Crippen LogP contribution in [0.4, 0.5) is 0 Å². The van der Waals surface area contributed by atoms with Gasteiger partial charge < -0.3 is 0 Å². The van der Waals surface area contributed by atoms with Crippen molar-refractivity contribution in [2.24, 2.45) is 0 Å². The van der Waals surface area contributed by atoms with Crippen LogP contribution in [-0.4, -0.2) is 0 Å². The van der Waals surface area contributed by atoms with Gasteiger partial charge in [0.2, 0.25) is 0 Å². The van der Waals surface area contributed by atoms with E-state index in [0.29, 0.717) is 0 Å². The van der Waals surface area contributed by atoms with Crippen LogP contribution in [-0.2, 0) is 0 Å². The summed E-state index contributed by atoms with van der Waals surface area (Å²) in [5.41, 5.74) is 2.04. The lowest BCUT2D eigenvalue weighted by Gasteiger charge is -2.03. The minimum atomic E-state index is 1.01. The fourth-order valence-corrected chi connectivity index (χ4v) is 1.38. The molecule has 0 fully saturated rings. The molecule has 2 radical (unpaired) electrons. The zero-order valence-corrected chi connectivity index (χ0v) is 6.88. The van der Waals surface area contributed by atoms with Crippen LogP contribution in [0.5, 0.6) is 0 Å². The van der Waals surface area contributed by atoms with Crippen LogP contribution in [0.25, 0.3) is 10.8 Å². The summed E-state index contributed by atoms with van der Waals surface area (Å²) in [6, 6.07) is 12.3. The number of hydrogen-bond acceptors (Lipinski definition) is 0. The monoisotopic (exact) mass is 154 g/mol. The second-order valence-corrected chi connectivity index (χ2v) is 2.92. The van der Waals surface area contributed by atoms with Crippen LogP contribution >= 0.6 is 0 Å². The van der Waals surface area contributed by atoms with Gasteiger partial charge in [0, 0.05) is 0 Å². The van der Waals surface area contributed by atoms with E-state index in [9.17, 15) is 0 Å². The zero-order chi connectivity index (χ0) is 8.55. The Morgan fingerprint density at radius 3 is 2.42 bits per heavy atom. The molecule has 2 aromatic rings. The van der Waals surface area contributed by atoms with Gasteiger partial charge >= 0.3 is 0 Å². The second-order valence-electron chi connectivity index (χ2n) is 2.92. The number of fused-ring (bicyclic) bond motifs is 1. The van der Waals surface area contributed by atoms with Crippen molar-refractivity contribution < 1.29 is 0 Å². The molecule has 0 aliphatic carbocycles. The van der Waals surface area contributed by atoms with Crippen LogP contribution in [0, 0.1) is 13.8 Å². The summed E-state index contributed by atoms with van der Waals surface area (Å²) >= 11 is 0. The van der Waals surface area contributed by atoms with Gasteiger partial charge in [-0.3, -0.25) is 0 Å². The van der Waals surface area contributed by atoms with Gasteiger partial charge in [-0.1, -0.05) is 36.4 Å². The molecular weight excluding hydrogens is 144 g/mol. The minimum absolute atomic E-state index is 1.01. The van der Waals surface area contributed by atoms with Crippen LogP contribution in [0.2, 0.25) is 0 Å². The maximum atomic E-state index is 3.99. The Morgan fingerprint density at radius 2 is 1.58 bits per heavy atom. The van der Waals surface area contributed by atoms with Crippen LogP contribution in [0.3, 0.4) is 0 Å². The first-order chi connectivity index (χ1) is 5.79. The average Bonchev–Trinajstić information content (AvgIpc) is 2.12. The van der Waals surface area contributed by atoms with Gasteiger partial charge in [-0.15, -0.1) is 0 Å². The standard InChI is InChI=1S/C12H10/c1-9-7-8-11-5-3-4-6-12(11)10(9)2/h3-8H,1-2H2. The highest BCUT2D eigenvalue weighted by Gasteiger charge is 1.97. The Morgan fingerprint density at radius 1 is 0.833 bits per heavy atom. The lowest BCUT2D eigenvalue weighted by atomic mass is 10.0. The predicted molar refractivity (Wildman–Crippen MR) is 52.9 cm³/mol. The number of rotatable bonds is 0. The van der Waals surface area contributed by atoms with E-state index in [1.165, 1.54) is 10.8 Å². The van der Waals surface area contributed by atoms with Crippen LogP contribution in [0.15, 0.2) is 36.4 Å². The van der Waals surface area contributed by atoms with Crippen molar-refractivity contribution in [1.29, 1.82) is 0 Å². The molecule has 0 unspecified atom stereocenters. The summed E-state index contributed by atoms with van der Waals surface area (Å²) < 4.78 is 0. The highest BCUT2D eigenvalue weighted by Crippen LogP contribution is 2.20. The topological polar surface area (TPSA) is 0 Å². The van der Waals surface area contributed by atoms with Crippen molar-refractivity contribution in [2.45, 2.75) is 0 Å². The van der Waals surface area contributed by atoms with Crippen molar-refractivity contribution in [2.75, 3.05) is 0 Å². The SMILES string of the molecule is [CH2]c1ccc2ccccc2c1[CH2]. The molecule has 0 saturated carbocycles. The quantitative estimate of drug-likeness (QED) is 0.546. The van der Waals surface area contributed by atoms with Crippen molar-refractivity contribution in [3.8, 4) is 0 Å². The molecule has 0 saturated heterocycles. The van der Waals surface area contributed by atoms with Crippen molar-refractivity contribution in [3.63, 3.8) is 0 Å². The van der Waals surface area contributed by atoms with Crippen molar-refractivity contribution >= 4 is 10.8 Å². The predicted octanol–water partition coefficient (Wildman–Crippen LogP) is 3.20. The van der Waals surface area contributed by atoms with E-state index >= 15 is 0 Å². The lowest BCUT2D eigenvalue weighted by molar-refractivity contribution is 1.59. The molecule has 0 N–H and O–H groups in total. The normalized spacial score (nSPS) is 10.5. The molecule has 2 rings (SSSR count). The fourth-order valence-electron chi connectivity index (χ4n) is 1.38. The molecule has 0 amide bonds. The van der Waals surface area contributed by atoms with E-state index in [1.54, 1.807) is 0 Å². The zero-order valence-electron chi connectivity index (χ0n) is 6.88. The molecule has 0 aliphatic rings. The van der Waals surface area contributed by atoms with E-state index in [1.807, 2.05) is 18.2 Å². The molecule has 2 aromatic carbocycles. The van der Waals surface area contributed by atoms with Crippen LogP contribution < -0.4 is 0 Å². The summed E-state index contributed by atoms with van der Waals surface area (Å²) in [5, 5.41) is 2.43. The maximum absolute atomic E-state index is 3.99. The molecule has 12 heavy (non-hydrogen) atoms. The van der Waals surface area contributed by atoms with E-state index in [-0.39, 0.29) is 0 Å². The molecule has 58 valence electrons. The van der Waals surface area contributed by atoms with Gasteiger partial charge in [-0.25, -0.2) is 0 Å². The second kappa shape index (κ2) is 2.63. The van der Waals surface area contributed by atoms with E-state index < -0.39 is 0 Å². The summed E-state index contributed by atoms with van der Waals surface area (Å²) in [4.78, 5) is 0. The Hall–Kier alpha value is -1.30. The Kier molecular flexibility index (Phi) is 1.61. The Bertz CT molecular complexity index is 413. The van der Waals surface area contributed by atoms with Crippen LogP contribution in [0.1, 0.15) is 11.1 Å². The van der Waals surface area contributed by atoms with Gasteiger partial charge in [0.15, 0.2) is 0 Å². The molecule has 0 atom stereocenters. The molecule has 0 aliphatic heterocycles. The summed E-state index contributed by atoms with van der Waals surface area (Å²) in [6.45, 7) is 7.89. The summed E-state index contributed by atoms with van der Waals surface area (Å²) in [5.74, 6) is 0. The first kappa shape index (κ1) is 7.35. The first-order valence-electron chi connectivity index (χ1n) is 3.95. The molecule has 0 spiro atoms. The van der Waals surface area contributed by atoms with Gasteiger partial charge in [0.1, 0.15) is 0 Å².